The third kappa shape index (κ3) is 9.76. The molecule has 0 spiro atoms. The molecular weight excluding hydrogens is 420 g/mol. The molecule has 2 atom stereocenters. The van der Waals surface area contributed by atoms with Gasteiger partial charge in [0.2, 0.25) is 17.7 Å². The van der Waals surface area contributed by atoms with Crippen molar-refractivity contribution in [2.75, 3.05) is 58.4 Å². The van der Waals surface area contributed by atoms with Crippen molar-refractivity contribution in [3.05, 3.63) is 0 Å². The first-order chi connectivity index (χ1) is 14.5. The molecule has 1 fully saturated rings. The molecule has 0 aromatic carbocycles. The second-order valence-corrected chi connectivity index (χ2v) is 9.83. The second kappa shape index (κ2) is 13.2. The predicted octanol–water partition coefficient (Wildman–Crippen LogP) is 0.152. The number of carbonyl (C=O) groups excluding carboxylic acids is 3. The van der Waals surface area contributed by atoms with Gasteiger partial charge in [-0.1, -0.05) is 6.92 Å². The number of likely N-dealkylation sites (N-methyl/N-ethyl adjacent to an activating group) is 2. The lowest BCUT2D eigenvalue weighted by Gasteiger charge is -2.35. The van der Waals surface area contributed by atoms with Crippen molar-refractivity contribution in [1.29, 1.82) is 0 Å². The van der Waals surface area contributed by atoms with Gasteiger partial charge >= 0.3 is 0 Å². The Bertz CT molecular complexity index is 593. The molecule has 0 aromatic heterocycles. The van der Waals surface area contributed by atoms with Crippen LogP contribution in [-0.2, 0) is 19.1 Å². The van der Waals surface area contributed by atoms with E-state index in [2.05, 4.69) is 4.90 Å². The van der Waals surface area contributed by atoms with Crippen molar-refractivity contribution in [3.8, 4) is 0 Å². The minimum absolute atomic E-state index is 0.0219. The Labute approximate surface area is 190 Å². The predicted molar refractivity (Wildman–Crippen MR) is 123 cm³/mol. The van der Waals surface area contributed by atoms with Gasteiger partial charge in [-0.15, -0.1) is 0 Å². The van der Waals surface area contributed by atoms with E-state index < -0.39 is 23.6 Å². The summed E-state index contributed by atoms with van der Waals surface area (Å²) in [5.41, 5.74) is 4.36. The maximum absolute atomic E-state index is 13.3. The number of hydrogen-bond donors (Lipinski definition) is 2. The first-order valence-corrected chi connectivity index (χ1v) is 12.0. The van der Waals surface area contributed by atoms with Crippen LogP contribution in [0.3, 0.4) is 0 Å². The minimum atomic E-state index is -1.17. The number of rotatable bonds is 13. The van der Waals surface area contributed by atoms with Gasteiger partial charge in [0.25, 0.3) is 0 Å². The van der Waals surface area contributed by atoms with Gasteiger partial charge in [-0.2, -0.15) is 11.8 Å². The molecular formula is C21H40N4O5S. The number of carbonyl (C=O) groups is 3. The number of amides is 3. The van der Waals surface area contributed by atoms with Crippen molar-refractivity contribution in [2.24, 2.45) is 5.73 Å². The lowest BCUT2D eigenvalue weighted by atomic mass is 9.97. The topological polar surface area (TPSA) is 116 Å². The number of ether oxygens (including phenoxy) is 1. The molecule has 1 saturated heterocycles. The molecule has 1 aliphatic rings. The zero-order valence-electron chi connectivity index (χ0n) is 19.6. The fraction of sp³-hybridized carbons (Fsp3) is 0.857. The summed E-state index contributed by atoms with van der Waals surface area (Å²) < 4.78 is 5.36. The van der Waals surface area contributed by atoms with Crippen molar-refractivity contribution < 1.29 is 24.2 Å². The smallest absolute Gasteiger partial charge is 0.246 e. The van der Waals surface area contributed by atoms with Gasteiger partial charge in [0, 0.05) is 58.1 Å². The Kier molecular flexibility index (Phi) is 11.8. The van der Waals surface area contributed by atoms with E-state index in [1.165, 1.54) is 16.8 Å². The van der Waals surface area contributed by atoms with Crippen LogP contribution in [0.2, 0.25) is 0 Å². The van der Waals surface area contributed by atoms with Crippen LogP contribution in [0.1, 0.15) is 40.0 Å². The number of hydrogen-bond acceptors (Lipinski definition) is 7. The molecule has 1 heterocycles. The number of thioether (sulfide) groups is 1. The van der Waals surface area contributed by atoms with Gasteiger partial charge in [-0.3, -0.25) is 19.3 Å². The lowest BCUT2D eigenvalue weighted by molar-refractivity contribution is -0.147. The SMILES string of the molecule is CCCC(=O)N(C)[C@H](CSCCN1CCOCC1)C(=O)N(C)[C@@H](CC(C)(C)O)C(N)=O. The average molecular weight is 461 g/mol. The third-order valence-corrected chi connectivity index (χ3v) is 6.40. The van der Waals surface area contributed by atoms with Gasteiger partial charge in [0.15, 0.2) is 0 Å². The molecule has 3 N–H and O–H groups in total. The van der Waals surface area contributed by atoms with Crippen LogP contribution >= 0.6 is 11.8 Å². The first kappa shape index (κ1) is 27.7. The number of primary amides is 1. The van der Waals surface area contributed by atoms with Gasteiger partial charge < -0.3 is 25.4 Å². The highest BCUT2D eigenvalue weighted by Crippen LogP contribution is 2.19. The Morgan fingerprint density at radius 3 is 2.29 bits per heavy atom. The summed E-state index contributed by atoms with van der Waals surface area (Å²) in [5.74, 6) is 0.110. The minimum Gasteiger partial charge on any atom is -0.390 e. The number of nitrogens with two attached hydrogens (primary N) is 1. The first-order valence-electron chi connectivity index (χ1n) is 10.9. The standard InChI is InChI=1S/C21H40N4O5S/c1-6-7-18(26)23(4)17(15-31-13-10-25-8-11-30-12-9-25)20(28)24(5)16(19(22)27)14-21(2,3)29/h16-17,29H,6-15H2,1-5H3,(H2,22,27)/t16-,17+/m0/s1. The van der Waals surface area contributed by atoms with E-state index in [1.54, 1.807) is 32.7 Å². The number of aliphatic hydroxyl groups is 1. The molecule has 31 heavy (non-hydrogen) atoms. The lowest BCUT2D eigenvalue weighted by Crippen LogP contribution is -2.56. The van der Waals surface area contributed by atoms with Gasteiger partial charge in [0.1, 0.15) is 12.1 Å². The summed E-state index contributed by atoms with van der Waals surface area (Å²) in [6.45, 7) is 9.21. The number of morpholine rings is 1. The van der Waals surface area contributed by atoms with Crippen molar-refractivity contribution in [2.45, 2.75) is 57.7 Å². The molecule has 1 rings (SSSR count). The van der Waals surface area contributed by atoms with Crippen LogP contribution in [0.5, 0.6) is 0 Å². The van der Waals surface area contributed by atoms with Crippen molar-refractivity contribution in [1.82, 2.24) is 14.7 Å². The highest BCUT2D eigenvalue weighted by molar-refractivity contribution is 7.99. The fourth-order valence-electron chi connectivity index (χ4n) is 3.42. The van der Waals surface area contributed by atoms with E-state index in [-0.39, 0.29) is 18.2 Å². The number of nitrogens with zero attached hydrogens (tertiary/aromatic N) is 3. The Morgan fingerprint density at radius 2 is 1.77 bits per heavy atom. The molecule has 180 valence electrons. The Hall–Kier alpha value is -1.36. The zero-order valence-corrected chi connectivity index (χ0v) is 20.4. The van der Waals surface area contributed by atoms with Crippen LogP contribution in [0, 0.1) is 0 Å². The molecule has 0 saturated carbocycles. The summed E-state index contributed by atoms with van der Waals surface area (Å²) in [7, 11) is 3.14. The maximum Gasteiger partial charge on any atom is 0.246 e. The largest absolute Gasteiger partial charge is 0.390 e. The van der Waals surface area contributed by atoms with E-state index >= 15 is 0 Å². The molecule has 0 unspecified atom stereocenters. The van der Waals surface area contributed by atoms with Crippen molar-refractivity contribution in [3.63, 3.8) is 0 Å². The van der Waals surface area contributed by atoms with E-state index in [1.807, 2.05) is 6.92 Å². The Balaban J connectivity index is 2.85. The van der Waals surface area contributed by atoms with Crippen LogP contribution < -0.4 is 5.73 Å². The van der Waals surface area contributed by atoms with Crippen LogP contribution in [0.4, 0.5) is 0 Å². The molecule has 9 nitrogen and oxygen atoms in total. The van der Waals surface area contributed by atoms with E-state index in [0.717, 1.165) is 38.6 Å². The van der Waals surface area contributed by atoms with Gasteiger partial charge in [-0.05, 0) is 20.3 Å². The zero-order chi connectivity index (χ0) is 23.6. The average Bonchev–Trinajstić information content (AvgIpc) is 2.70. The summed E-state index contributed by atoms with van der Waals surface area (Å²) >= 11 is 1.61. The van der Waals surface area contributed by atoms with Gasteiger partial charge in [-0.25, -0.2) is 0 Å². The summed E-state index contributed by atoms with van der Waals surface area (Å²) in [6.07, 6.45) is 1.06. The molecule has 1 aliphatic heterocycles. The third-order valence-electron chi connectivity index (χ3n) is 5.38. The normalized spacial score (nSPS) is 17.1. The molecule has 0 aromatic rings. The molecule has 0 radical (unpaired) electrons. The second-order valence-electron chi connectivity index (χ2n) is 8.68. The summed E-state index contributed by atoms with van der Waals surface area (Å²) in [6, 6.07) is -1.66. The van der Waals surface area contributed by atoms with E-state index in [4.69, 9.17) is 10.5 Å². The van der Waals surface area contributed by atoms with E-state index in [0.29, 0.717) is 18.6 Å². The highest BCUT2D eigenvalue weighted by atomic mass is 32.2. The molecule has 0 aliphatic carbocycles. The molecule has 3 amide bonds. The van der Waals surface area contributed by atoms with Crippen LogP contribution in [0.15, 0.2) is 0 Å². The van der Waals surface area contributed by atoms with Crippen LogP contribution in [-0.4, -0.2) is 114 Å². The maximum atomic E-state index is 13.3. The molecule has 0 bridgehead atoms. The van der Waals surface area contributed by atoms with Gasteiger partial charge in [0.05, 0.1) is 18.8 Å². The fourth-order valence-corrected chi connectivity index (χ4v) is 4.56. The highest BCUT2D eigenvalue weighted by Gasteiger charge is 2.36. The summed E-state index contributed by atoms with van der Waals surface area (Å²) in [5, 5.41) is 10.1. The quantitative estimate of drug-likeness (QED) is 0.376. The van der Waals surface area contributed by atoms with E-state index in [9.17, 15) is 19.5 Å². The molecule has 10 heteroatoms. The van der Waals surface area contributed by atoms with Crippen LogP contribution in [0.25, 0.3) is 0 Å². The monoisotopic (exact) mass is 460 g/mol. The summed E-state index contributed by atoms with van der Waals surface area (Å²) in [4.78, 5) is 42.9. The Morgan fingerprint density at radius 1 is 1.16 bits per heavy atom. The van der Waals surface area contributed by atoms with Crippen molar-refractivity contribution >= 4 is 29.5 Å².